The van der Waals surface area contributed by atoms with Gasteiger partial charge in [-0.3, -0.25) is 4.79 Å². The van der Waals surface area contributed by atoms with E-state index in [2.05, 4.69) is 0 Å². The van der Waals surface area contributed by atoms with E-state index in [9.17, 15) is 9.18 Å². The third kappa shape index (κ3) is 1.97. The highest BCUT2D eigenvalue weighted by atomic mass is 32.1. The van der Waals surface area contributed by atoms with Gasteiger partial charge in [0, 0.05) is 16.0 Å². The van der Waals surface area contributed by atoms with E-state index in [-0.39, 0.29) is 5.82 Å². The average Bonchev–Trinajstić information content (AvgIpc) is 2.64. The fraction of sp³-hybridized carbons (Fsp3) is 0.0833. The molecule has 0 saturated heterocycles. The molecule has 3 heteroatoms. The number of hydrogen-bond donors (Lipinski definition) is 0. The van der Waals surface area contributed by atoms with E-state index in [1.165, 1.54) is 6.07 Å². The van der Waals surface area contributed by atoms with Crippen LogP contribution in [0, 0.1) is 12.7 Å². The number of aryl methyl sites for hydroxylation is 1. The van der Waals surface area contributed by atoms with Crippen molar-refractivity contribution in [2.24, 2.45) is 0 Å². The number of aldehydes is 1. The van der Waals surface area contributed by atoms with E-state index in [1.54, 1.807) is 23.5 Å². The van der Waals surface area contributed by atoms with Gasteiger partial charge in [0.2, 0.25) is 0 Å². The van der Waals surface area contributed by atoms with Crippen LogP contribution in [0.15, 0.2) is 29.6 Å². The van der Waals surface area contributed by atoms with Crippen LogP contribution in [0.4, 0.5) is 4.39 Å². The van der Waals surface area contributed by atoms with Gasteiger partial charge in [0.1, 0.15) is 12.1 Å². The van der Waals surface area contributed by atoms with Gasteiger partial charge in [-0.25, -0.2) is 4.39 Å². The van der Waals surface area contributed by atoms with Gasteiger partial charge in [-0.2, -0.15) is 0 Å². The third-order valence-electron chi connectivity index (χ3n) is 2.17. The summed E-state index contributed by atoms with van der Waals surface area (Å²) in [4.78, 5) is 11.6. The molecule has 2 aromatic rings. The second-order valence-corrected chi connectivity index (χ2v) is 4.42. The molecular formula is C12H9FOS. The predicted octanol–water partition coefficient (Wildman–Crippen LogP) is 3.68. The van der Waals surface area contributed by atoms with E-state index in [0.717, 1.165) is 10.4 Å². The summed E-state index contributed by atoms with van der Waals surface area (Å²) in [5.74, 6) is -0.350. The molecule has 0 aliphatic carbocycles. The Bertz CT molecular complexity index is 502. The van der Waals surface area contributed by atoms with E-state index in [0.29, 0.717) is 17.4 Å². The highest BCUT2D eigenvalue weighted by molar-refractivity contribution is 7.10. The Balaban J connectivity index is 2.49. The summed E-state index contributed by atoms with van der Waals surface area (Å²) < 4.78 is 13.6. The first kappa shape index (κ1) is 10.1. The monoisotopic (exact) mass is 220 g/mol. The molecule has 0 fully saturated rings. The maximum Gasteiger partial charge on any atom is 0.150 e. The van der Waals surface area contributed by atoms with Crippen LogP contribution >= 0.6 is 11.3 Å². The summed E-state index contributed by atoms with van der Waals surface area (Å²) in [6, 6.07) is 6.46. The van der Waals surface area contributed by atoms with Crippen LogP contribution in [0.2, 0.25) is 0 Å². The van der Waals surface area contributed by atoms with Crippen LogP contribution < -0.4 is 0 Å². The highest BCUT2D eigenvalue weighted by Gasteiger charge is 2.07. The van der Waals surface area contributed by atoms with Crippen molar-refractivity contribution >= 4 is 17.6 Å². The second kappa shape index (κ2) is 3.95. The van der Waals surface area contributed by atoms with Crippen LogP contribution in [0.5, 0.6) is 0 Å². The topological polar surface area (TPSA) is 17.1 Å². The lowest BCUT2D eigenvalue weighted by molar-refractivity contribution is 0.112. The standard InChI is InChI=1S/C12H9FOS/c1-8-4-10(7-15-8)11-3-2-9(6-14)5-12(11)13/h2-7H,1H3. The van der Waals surface area contributed by atoms with Gasteiger partial charge in [0.25, 0.3) is 0 Å². The first-order valence-electron chi connectivity index (χ1n) is 4.51. The van der Waals surface area contributed by atoms with Crippen molar-refractivity contribution in [3.63, 3.8) is 0 Å². The Morgan fingerprint density at radius 2 is 2.13 bits per heavy atom. The lowest BCUT2D eigenvalue weighted by Crippen LogP contribution is -1.86. The number of benzene rings is 1. The molecule has 1 aromatic heterocycles. The summed E-state index contributed by atoms with van der Waals surface area (Å²) >= 11 is 1.58. The van der Waals surface area contributed by atoms with Crippen molar-refractivity contribution in [1.29, 1.82) is 0 Å². The number of carbonyl (C=O) groups excluding carboxylic acids is 1. The zero-order valence-electron chi connectivity index (χ0n) is 8.16. The zero-order valence-corrected chi connectivity index (χ0v) is 8.98. The summed E-state index contributed by atoms with van der Waals surface area (Å²) in [6.07, 6.45) is 0.645. The Morgan fingerprint density at radius 1 is 1.33 bits per heavy atom. The van der Waals surface area contributed by atoms with Crippen molar-refractivity contribution in [2.45, 2.75) is 6.92 Å². The van der Waals surface area contributed by atoms with Gasteiger partial charge in [0.15, 0.2) is 0 Å². The Kier molecular flexibility index (Phi) is 2.64. The minimum atomic E-state index is -0.350. The van der Waals surface area contributed by atoms with Crippen LogP contribution in [-0.4, -0.2) is 6.29 Å². The fourth-order valence-corrected chi connectivity index (χ4v) is 2.13. The normalized spacial score (nSPS) is 10.3. The van der Waals surface area contributed by atoms with Crippen molar-refractivity contribution in [2.75, 3.05) is 0 Å². The molecule has 0 radical (unpaired) electrons. The molecule has 0 atom stereocenters. The van der Waals surface area contributed by atoms with Crippen LogP contribution in [0.3, 0.4) is 0 Å². The van der Waals surface area contributed by atoms with E-state index >= 15 is 0 Å². The molecule has 2 rings (SSSR count). The second-order valence-electron chi connectivity index (χ2n) is 3.30. The molecule has 0 aliphatic rings. The van der Waals surface area contributed by atoms with Gasteiger partial charge in [-0.05, 0) is 30.0 Å². The third-order valence-corrected chi connectivity index (χ3v) is 3.03. The maximum absolute atomic E-state index is 13.6. The number of thiophene rings is 1. The fourth-order valence-electron chi connectivity index (χ4n) is 1.42. The first-order valence-corrected chi connectivity index (χ1v) is 5.39. The number of rotatable bonds is 2. The Hall–Kier alpha value is -1.48. The highest BCUT2D eigenvalue weighted by Crippen LogP contribution is 2.27. The molecule has 76 valence electrons. The Morgan fingerprint density at radius 3 is 2.67 bits per heavy atom. The molecule has 15 heavy (non-hydrogen) atoms. The number of carbonyl (C=O) groups is 1. The molecule has 0 unspecified atom stereocenters. The summed E-state index contributed by atoms with van der Waals surface area (Å²) in [5, 5.41) is 1.91. The molecule has 1 aromatic carbocycles. The van der Waals surface area contributed by atoms with Gasteiger partial charge < -0.3 is 0 Å². The van der Waals surface area contributed by atoms with E-state index < -0.39 is 0 Å². The minimum absolute atomic E-state index is 0.350. The first-order chi connectivity index (χ1) is 7.20. The molecule has 0 N–H and O–H groups in total. The van der Waals surface area contributed by atoms with Crippen LogP contribution in [0.25, 0.3) is 11.1 Å². The zero-order chi connectivity index (χ0) is 10.8. The van der Waals surface area contributed by atoms with Gasteiger partial charge in [-0.15, -0.1) is 11.3 Å². The number of hydrogen-bond acceptors (Lipinski definition) is 2. The van der Waals surface area contributed by atoms with Crippen molar-refractivity contribution in [1.82, 2.24) is 0 Å². The van der Waals surface area contributed by atoms with E-state index in [4.69, 9.17) is 0 Å². The van der Waals surface area contributed by atoms with Gasteiger partial charge >= 0.3 is 0 Å². The Labute approximate surface area is 91.2 Å². The SMILES string of the molecule is Cc1cc(-c2ccc(C=O)cc2F)cs1. The smallest absolute Gasteiger partial charge is 0.150 e. The molecule has 1 heterocycles. The van der Waals surface area contributed by atoms with Gasteiger partial charge in [-0.1, -0.05) is 12.1 Å². The molecule has 0 bridgehead atoms. The number of halogens is 1. The average molecular weight is 220 g/mol. The molecule has 0 spiro atoms. The van der Waals surface area contributed by atoms with Crippen LogP contribution in [0.1, 0.15) is 15.2 Å². The van der Waals surface area contributed by atoms with Crippen molar-refractivity contribution < 1.29 is 9.18 Å². The summed E-state index contributed by atoms with van der Waals surface area (Å²) in [5.41, 5.74) is 1.78. The van der Waals surface area contributed by atoms with Gasteiger partial charge in [0.05, 0.1) is 0 Å². The van der Waals surface area contributed by atoms with E-state index in [1.807, 2.05) is 18.4 Å². The quantitative estimate of drug-likeness (QED) is 0.706. The predicted molar refractivity (Wildman–Crippen MR) is 59.8 cm³/mol. The molecule has 1 nitrogen and oxygen atoms in total. The maximum atomic E-state index is 13.6. The lowest BCUT2D eigenvalue weighted by atomic mass is 10.1. The summed E-state index contributed by atoms with van der Waals surface area (Å²) in [6.45, 7) is 1.98. The molecular weight excluding hydrogens is 211 g/mol. The van der Waals surface area contributed by atoms with Crippen LogP contribution in [-0.2, 0) is 0 Å². The molecule has 0 saturated carbocycles. The molecule has 0 amide bonds. The van der Waals surface area contributed by atoms with Crippen molar-refractivity contribution in [3.05, 3.63) is 45.9 Å². The minimum Gasteiger partial charge on any atom is -0.298 e. The lowest BCUT2D eigenvalue weighted by Gasteiger charge is -2.00. The molecule has 0 aliphatic heterocycles. The van der Waals surface area contributed by atoms with Crippen molar-refractivity contribution in [3.8, 4) is 11.1 Å². The largest absolute Gasteiger partial charge is 0.298 e. The summed E-state index contributed by atoms with van der Waals surface area (Å²) in [7, 11) is 0.